The van der Waals surface area contributed by atoms with Gasteiger partial charge in [0.05, 0.1) is 10.6 Å². The summed E-state index contributed by atoms with van der Waals surface area (Å²) in [7, 11) is 0. The van der Waals surface area contributed by atoms with Gasteiger partial charge < -0.3 is 4.57 Å². The van der Waals surface area contributed by atoms with Gasteiger partial charge in [0.2, 0.25) is 0 Å². The molecule has 8 heteroatoms. The van der Waals surface area contributed by atoms with E-state index in [0.29, 0.717) is 0 Å². The Morgan fingerprint density at radius 3 is 2.83 bits per heavy atom. The fourth-order valence-electron chi connectivity index (χ4n) is 2.30. The highest BCUT2D eigenvalue weighted by Crippen LogP contribution is 2.31. The zero-order valence-electron chi connectivity index (χ0n) is 12.9. The highest BCUT2D eigenvalue weighted by molar-refractivity contribution is 7.98. The van der Waals surface area contributed by atoms with Crippen molar-refractivity contribution >= 4 is 45.8 Å². The molecule has 24 heavy (non-hydrogen) atoms. The third kappa shape index (κ3) is 3.19. The van der Waals surface area contributed by atoms with E-state index in [-0.39, 0.29) is 0 Å². The molecule has 0 aliphatic heterocycles. The average molecular weight is 391 g/mol. The maximum atomic E-state index is 4.73. The first-order chi connectivity index (χ1) is 11.8. The molecule has 0 aromatic carbocycles. The number of hydrogen-bond acceptors (Lipinski definition) is 7. The molecule has 4 heterocycles. The smallest absolute Gasteiger partial charge is 0.191 e. The first-order valence-corrected chi connectivity index (χ1v) is 11.1. The molecule has 0 aliphatic carbocycles. The van der Waals surface area contributed by atoms with Crippen molar-refractivity contribution in [3.8, 4) is 21.3 Å². The van der Waals surface area contributed by atoms with E-state index in [1.165, 1.54) is 5.56 Å². The second kappa shape index (κ2) is 7.18. The molecule has 0 unspecified atom stereocenters. The van der Waals surface area contributed by atoms with E-state index in [1.54, 1.807) is 45.8 Å². The molecule has 0 spiro atoms. The first-order valence-electron chi connectivity index (χ1n) is 7.42. The molecule has 4 rings (SSSR count). The molecule has 0 amide bonds. The lowest BCUT2D eigenvalue weighted by Crippen LogP contribution is -1.99. The normalized spacial score (nSPS) is 11.2. The van der Waals surface area contributed by atoms with Crippen LogP contribution in [0.5, 0.6) is 0 Å². The second-order valence-electron chi connectivity index (χ2n) is 4.97. The van der Waals surface area contributed by atoms with Crippen LogP contribution in [-0.4, -0.2) is 19.7 Å². The van der Waals surface area contributed by atoms with Crippen LogP contribution in [0.4, 0.5) is 0 Å². The number of thioether (sulfide) groups is 1. The summed E-state index contributed by atoms with van der Waals surface area (Å²) in [5.74, 6) is 1.76. The Morgan fingerprint density at radius 2 is 2.08 bits per heavy atom. The van der Waals surface area contributed by atoms with Crippen molar-refractivity contribution in [3.05, 3.63) is 45.4 Å². The van der Waals surface area contributed by atoms with E-state index in [2.05, 4.69) is 55.3 Å². The molecule has 0 atom stereocenters. The van der Waals surface area contributed by atoms with Gasteiger partial charge in [0.1, 0.15) is 5.01 Å². The summed E-state index contributed by atoms with van der Waals surface area (Å²) in [5.41, 5.74) is 2.30. The van der Waals surface area contributed by atoms with Crippen molar-refractivity contribution in [2.75, 3.05) is 0 Å². The standard InChI is InChI=1S/C16H14N4S4/c1-2-20-14(13-4-3-6-22-13)18-19-16(20)24-10-12-9-23-15(17-12)11-5-7-21-8-11/h3-9H,2,10H2,1H3. The monoisotopic (exact) mass is 390 g/mol. The first kappa shape index (κ1) is 16.0. The number of hydrogen-bond donors (Lipinski definition) is 0. The maximum absolute atomic E-state index is 4.73. The van der Waals surface area contributed by atoms with Gasteiger partial charge in [-0.15, -0.1) is 32.9 Å². The van der Waals surface area contributed by atoms with Gasteiger partial charge in [-0.1, -0.05) is 17.8 Å². The Bertz CT molecular complexity index is 906. The molecule has 0 N–H and O–H groups in total. The fourth-order valence-corrected chi connectivity index (χ4v) is 5.55. The van der Waals surface area contributed by atoms with Crippen LogP contribution >= 0.6 is 45.8 Å². The lowest BCUT2D eigenvalue weighted by molar-refractivity contribution is 0.688. The van der Waals surface area contributed by atoms with Crippen LogP contribution < -0.4 is 0 Å². The average Bonchev–Trinajstić information content (AvgIpc) is 3.40. The minimum atomic E-state index is 0.809. The summed E-state index contributed by atoms with van der Waals surface area (Å²) in [6.45, 7) is 2.99. The van der Waals surface area contributed by atoms with Gasteiger partial charge >= 0.3 is 0 Å². The Morgan fingerprint density at radius 1 is 1.12 bits per heavy atom. The van der Waals surface area contributed by atoms with Crippen molar-refractivity contribution in [3.63, 3.8) is 0 Å². The van der Waals surface area contributed by atoms with Crippen LogP contribution in [0.3, 0.4) is 0 Å². The van der Waals surface area contributed by atoms with Gasteiger partial charge in [0, 0.05) is 28.6 Å². The van der Waals surface area contributed by atoms with Gasteiger partial charge in [0.15, 0.2) is 11.0 Å². The number of aromatic nitrogens is 4. The molecule has 0 radical (unpaired) electrons. The molecule has 122 valence electrons. The quantitative estimate of drug-likeness (QED) is 0.408. The topological polar surface area (TPSA) is 43.6 Å². The van der Waals surface area contributed by atoms with Crippen molar-refractivity contribution in [2.24, 2.45) is 0 Å². The minimum absolute atomic E-state index is 0.809. The molecule has 4 aromatic heterocycles. The molecule has 0 aliphatic rings. The molecule has 0 fully saturated rings. The van der Waals surface area contributed by atoms with E-state index in [0.717, 1.165) is 38.9 Å². The molecule has 0 saturated heterocycles. The van der Waals surface area contributed by atoms with Gasteiger partial charge in [-0.25, -0.2) is 4.98 Å². The Hall–Kier alpha value is -1.48. The number of thiazole rings is 1. The van der Waals surface area contributed by atoms with Crippen LogP contribution in [0, 0.1) is 0 Å². The Labute approximate surface area is 156 Å². The molecule has 0 bridgehead atoms. The maximum Gasteiger partial charge on any atom is 0.191 e. The van der Waals surface area contributed by atoms with Gasteiger partial charge in [0.25, 0.3) is 0 Å². The number of nitrogens with zero attached hydrogens (tertiary/aromatic N) is 4. The third-order valence-electron chi connectivity index (χ3n) is 3.44. The molecule has 4 aromatic rings. The minimum Gasteiger partial charge on any atom is -0.302 e. The van der Waals surface area contributed by atoms with E-state index >= 15 is 0 Å². The summed E-state index contributed by atoms with van der Waals surface area (Å²) in [5, 5.41) is 19.2. The molecule has 0 saturated carbocycles. The zero-order chi connectivity index (χ0) is 16.4. The van der Waals surface area contributed by atoms with Crippen LogP contribution in [0.2, 0.25) is 0 Å². The predicted molar refractivity (Wildman–Crippen MR) is 104 cm³/mol. The predicted octanol–water partition coefficient (Wildman–Crippen LogP) is 5.50. The van der Waals surface area contributed by atoms with Crippen molar-refractivity contribution in [2.45, 2.75) is 24.4 Å². The third-order valence-corrected chi connectivity index (χ3v) is 6.93. The van der Waals surface area contributed by atoms with E-state index in [4.69, 9.17) is 4.98 Å². The van der Waals surface area contributed by atoms with Crippen LogP contribution in [0.1, 0.15) is 12.6 Å². The SMILES string of the molecule is CCn1c(SCc2csc(-c3ccsc3)n2)nnc1-c1cccs1. The fraction of sp³-hybridized carbons (Fsp3) is 0.188. The summed E-state index contributed by atoms with van der Waals surface area (Å²) in [6.07, 6.45) is 0. The van der Waals surface area contributed by atoms with Gasteiger partial charge in [-0.05, 0) is 29.8 Å². The van der Waals surface area contributed by atoms with E-state index in [9.17, 15) is 0 Å². The van der Waals surface area contributed by atoms with Gasteiger partial charge in [-0.3, -0.25) is 0 Å². The van der Waals surface area contributed by atoms with Crippen LogP contribution in [0.25, 0.3) is 21.3 Å². The van der Waals surface area contributed by atoms with E-state index in [1.807, 2.05) is 6.07 Å². The molecular weight excluding hydrogens is 376 g/mol. The highest BCUT2D eigenvalue weighted by atomic mass is 32.2. The zero-order valence-corrected chi connectivity index (χ0v) is 16.1. The Kier molecular flexibility index (Phi) is 4.79. The summed E-state index contributed by atoms with van der Waals surface area (Å²) < 4.78 is 2.17. The van der Waals surface area contributed by atoms with E-state index < -0.39 is 0 Å². The summed E-state index contributed by atoms with van der Waals surface area (Å²) >= 11 is 6.78. The highest BCUT2D eigenvalue weighted by Gasteiger charge is 2.14. The molecular formula is C16H14N4S4. The van der Waals surface area contributed by atoms with Gasteiger partial charge in [-0.2, -0.15) is 11.3 Å². The summed E-state index contributed by atoms with van der Waals surface area (Å²) in [4.78, 5) is 5.89. The molecule has 4 nitrogen and oxygen atoms in total. The van der Waals surface area contributed by atoms with Crippen molar-refractivity contribution < 1.29 is 0 Å². The van der Waals surface area contributed by atoms with Crippen LogP contribution in [-0.2, 0) is 12.3 Å². The lowest BCUT2D eigenvalue weighted by Gasteiger charge is -2.05. The Balaban J connectivity index is 1.50. The lowest BCUT2D eigenvalue weighted by atomic mass is 10.4. The number of rotatable bonds is 6. The van der Waals surface area contributed by atoms with Crippen molar-refractivity contribution in [1.29, 1.82) is 0 Å². The largest absolute Gasteiger partial charge is 0.302 e. The van der Waals surface area contributed by atoms with Crippen molar-refractivity contribution in [1.82, 2.24) is 19.7 Å². The summed E-state index contributed by atoms with van der Waals surface area (Å²) in [6, 6.07) is 6.24. The van der Waals surface area contributed by atoms with Crippen LogP contribution in [0.15, 0.2) is 44.9 Å². The number of thiophene rings is 2. The second-order valence-corrected chi connectivity index (χ2v) is 8.50.